The van der Waals surface area contributed by atoms with E-state index in [9.17, 15) is 13.5 Å². The molecule has 0 atom stereocenters. The third-order valence-electron chi connectivity index (χ3n) is 2.63. The van der Waals surface area contributed by atoms with E-state index in [1.54, 1.807) is 11.3 Å². The summed E-state index contributed by atoms with van der Waals surface area (Å²) in [4.78, 5) is 2.27. The second kappa shape index (κ2) is 5.73. The normalized spacial score (nSPS) is 11.6. The molecule has 1 aromatic carbocycles. The Balaban J connectivity index is 2.09. The first-order chi connectivity index (χ1) is 9.01. The standard InChI is InChI=1S/C13H15NO3S2/c1-2-11-6-7-12(18-11)9-14-19(16,17)13-5-3-4-10(15)8-13/h3-8,14-15H,2,9H2,1H3. The van der Waals surface area contributed by atoms with Crippen LogP contribution in [0.4, 0.5) is 0 Å². The molecule has 0 saturated carbocycles. The van der Waals surface area contributed by atoms with Crippen LogP contribution >= 0.6 is 11.3 Å². The molecule has 0 aliphatic heterocycles. The lowest BCUT2D eigenvalue weighted by molar-refractivity contribution is 0.473. The van der Waals surface area contributed by atoms with Gasteiger partial charge in [0.2, 0.25) is 10.0 Å². The number of hydrogen-bond donors (Lipinski definition) is 2. The first-order valence-electron chi connectivity index (χ1n) is 5.87. The first kappa shape index (κ1) is 14.0. The SMILES string of the molecule is CCc1ccc(CNS(=O)(=O)c2cccc(O)c2)s1. The van der Waals surface area contributed by atoms with Gasteiger partial charge in [-0.25, -0.2) is 13.1 Å². The number of benzene rings is 1. The molecule has 2 aromatic rings. The lowest BCUT2D eigenvalue weighted by Gasteiger charge is -2.05. The number of hydrogen-bond acceptors (Lipinski definition) is 4. The number of phenols is 1. The molecular formula is C13H15NO3S2. The number of aromatic hydroxyl groups is 1. The maximum Gasteiger partial charge on any atom is 0.241 e. The number of phenolic OH excluding ortho intramolecular Hbond substituents is 1. The lowest BCUT2D eigenvalue weighted by atomic mass is 10.3. The largest absolute Gasteiger partial charge is 0.508 e. The highest BCUT2D eigenvalue weighted by atomic mass is 32.2. The van der Waals surface area contributed by atoms with Crippen molar-refractivity contribution >= 4 is 21.4 Å². The van der Waals surface area contributed by atoms with Gasteiger partial charge in [0.25, 0.3) is 0 Å². The number of nitrogens with one attached hydrogen (secondary N) is 1. The molecule has 0 fully saturated rings. The topological polar surface area (TPSA) is 66.4 Å². The van der Waals surface area contributed by atoms with Crippen LogP contribution in [0.3, 0.4) is 0 Å². The van der Waals surface area contributed by atoms with Crippen molar-refractivity contribution in [3.8, 4) is 5.75 Å². The fraction of sp³-hybridized carbons (Fsp3) is 0.231. The summed E-state index contributed by atoms with van der Waals surface area (Å²) in [6, 6.07) is 9.55. The van der Waals surface area contributed by atoms with Crippen molar-refractivity contribution in [3.05, 3.63) is 46.2 Å². The molecule has 0 saturated heterocycles. The Labute approximate surface area is 116 Å². The summed E-state index contributed by atoms with van der Waals surface area (Å²) >= 11 is 1.60. The third kappa shape index (κ3) is 3.56. The van der Waals surface area contributed by atoms with Crippen LogP contribution in [-0.2, 0) is 23.0 Å². The zero-order chi connectivity index (χ0) is 13.9. The van der Waals surface area contributed by atoms with Crippen LogP contribution in [0.25, 0.3) is 0 Å². The minimum Gasteiger partial charge on any atom is -0.508 e. The van der Waals surface area contributed by atoms with E-state index in [1.807, 2.05) is 12.1 Å². The molecule has 102 valence electrons. The van der Waals surface area contributed by atoms with Gasteiger partial charge in [-0.05, 0) is 36.8 Å². The van der Waals surface area contributed by atoms with Crippen molar-refractivity contribution in [2.45, 2.75) is 24.8 Å². The molecule has 0 spiro atoms. The second-order valence-corrected chi connectivity index (χ2v) is 7.06. The van der Waals surface area contributed by atoms with Gasteiger partial charge >= 0.3 is 0 Å². The predicted molar refractivity (Wildman–Crippen MR) is 75.8 cm³/mol. The zero-order valence-electron chi connectivity index (χ0n) is 10.5. The summed E-state index contributed by atoms with van der Waals surface area (Å²) in [6.07, 6.45) is 0.948. The van der Waals surface area contributed by atoms with Gasteiger partial charge in [-0.2, -0.15) is 0 Å². The molecule has 0 unspecified atom stereocenters. The fourth-order valence-electron chi connectivity index (χ4n) is 1.61. The third-order valence-corrected chi connectivity index (χ3v) is 5.26. The van der Waals surface area contributed by atoms with Crippen LogP contribution in [0.2, 0.25) is 0 Å². The van der Waals surface area contributed by atoms with Gasteiger partial charge in [0.05, 0.1) is 4.90 Å². The maximum atomic E-state index is 12.0. The molecule has 0 radical (unpaired) electrons. The number of aryl methyl sites for hydroxylation is 1. The van der Waals surface area contributed by atoms with Crippen LogP contribution in [0.5, 0.6) is 5.75 Å². The molecule has 0 amide bonds. The van der Waals surface area contributed by atoms with Crippen molar-refractivity contribution in [1.29, 1.82) is 0 Å². The molecule has 4 nitrogen and oxygen atoms in total. The molecule has 6 heteroatoms. The average molecular weight is 297 g/mol. The lowest BCUT2D eigenvalue weighted by Crippen LogP contribution is -2.22. The van der Waals surface area contributed by atoms with Crippen LogP contribution in [0.1, 0.15) is 16.7 Å². The predicted octanol–water partition coefficient (Wildman–Crippen LogP) is 2.49. The Bertz CT molecular complexity index is 662. The molecule has 0 bridgehead atoms. The highest BCUT2D eigenvalue weighted by molar-refractivity contribution is 7.89. The molecular weight excluding hydrogens is 282 g/mol. The van der Waals surface area contributed by atoms with Gasteiger partial charge in [-0.3, -0.25) is 0 Å². The number of rotatable bonds is 5. The summed E-state index contributed by atoms with van der Waals surface area (Å²) < 4.78 is 26.6. The van der Waals surface area contributed by atoms with Gasteiger partial charge in [0.1, 0.15) is 5.75 Å². The minimum atomic E-state index is -3.58. The molecule has 1 aromatic heterocycles. The Kier molecular flexibility index (Phi) is 4.24. The molecule has 0 aliphatic carbocycles. The van der Waals surface area contributed by atoms with E-state index < -0.39 is 10.0 Å². The number of sulfonamides is 1. The number of thiophene rings is 1. The van der Waals surface area contributed by atoms with E-state index in [-0.39, 0.29) is 17.2 Å². The summed E-state index contributed by atoms with van der Waals surface area (Å²) in [5.74, 6) is -0.0627. The second-order valence-electron chi connectivity index (χ2n) is 4.04. The van der Waals surface area contributed by atoms with Gasteiger partial charge in [-0.15, -0.1) is 11.3 Å². The van der Waals surface area contributed by atoms with E-state index >= 15 is 0 Å². The van der Waals surface area contributed by atoms with Crippen LogP contribution in [0.15, 0.2) is 41.3 Å². The van der Waals surface area contributed by atoms with Crippen molar-refractivity contribution in [3.63, 3.8) is 0 Å². The zero-order valence-corrected chi connectivity index (χ0v) is 12.1. The smallest absolute Gasteiger partial charge is 0.241 e. The van der Waals surface area contributed by atoms with E-state index in [4.69, 9.17) is 0 Å². The van der Waals surface area contributed by atoms with E-state index in [1.165, 1.54) is 29.1 Å². The highest BCUT2D eigenvalue weighted by Crippen LogP contribution is 2.19. The van der Waals surface area contributed by atoms with Crippen molar-refractivity contribution in [2.75, 3.05) is 0 Å². The first-order valence-corrected chi connectivity index (χ1v) is 8.17. The fourth-order valence-corrected chi connectivity index (χ4v) is 3.64. The monoisotopic (exact) mass is 297 g/mol. The molecule has 2 rings (SSSR count). The van der Waals surface area contributed by atoms with Crippen molar-refractivity contribution < 1.29 is 13.5 Å². The Morgan fingerprint density at radius 1 is 1.21 bits per heavy atom. The quantitative estimate of drug-likeness (QED) is 0.891. The van der Waals surface area contributed by atoms with E-state index in [0.717, 1.165) is 11.3 Å². The van der Waals surface area contributed by atoms with Gasteiger partial charge in [0, 0.05) is 16.3 Å². The van der Waals surface area contributed by atoms with E-state index in [0.29, 0.717) is 0 Å². The van der Waals surface area contributed by atoms with E-state index in [2.05, 4.69) is 11.6 Å². The molecule has 19 heavy (non-hydrogen) atoms. The van der Waals surface area contributed by atoms with Crippen molar-refractivity contribution in [1.82, 2.24) is 4.72 Å². The summed E-state index contributed by atoms with van der Waals surface area (Å²) in [5.41, 5.74) is 0. The van der Waals surface area contributed by atoms with Gasteiger partial charge in [0.15, 0.2) is 0 Å². The molecule has 1 heterocycles. The average Bonchev–Trinajstić information content (AvgIpc) is 2.84. The van der Waals surface area contributed by atoms with Gasteiger partial charge < -0.3 is 5.11 Å². The Morgan fingerprint density at radius 2 is 1.95 bits per heavy atom. The van der Waals surface area contributed by atoms with Crippen LogP contribution in [0, 0.1) is 0 Å². The summed E-state index contributed by atoms with van der Waals surface area (Å²) in [7, 11) is -3.58. The molecule has 2 N–H and O–H groups in total. The summed E-state index contributed by atoms with van der Waals surface area (Å²) in [5, 5.41) is 9.31. The van der Waals surface area contributed by atoms with Gasteiger partial charge in [-0.1, -0.05) is 13.0 Å². The van der Waals surface area contributed by atoms with Crippen LogP contribution in [-0.4, -0.2) is 13.5 Å². The summed E-state index contributed by atoms with van der Waals surface area (Å²) in [6.45, 7) is 2.33. The highest BCUT2D eigenvalue weighted by Gasteiger charge is 2.14. The van der Waals surface area contributed by atoms with Crippen LogP contribution < -0.4 is 4.72 Å². The molecule has 0 aliphatic rings. The Morgan fingerprint density at radius 3 is 2.58 bits per heavy atom. The maximum absolute atomic E-state index is 12.0. The van der Waals surface area contributed by atoms with Crippen molar-refractivity contribution in [2.24, 2.45) is 0 Å². The Hall–Kier alpha value is -1.37. The minimum absolute atomic E-state index is 0.0627.